The minimum absolute atomic E-state index is 0.184. The van der Waals surface area contributed by atoms with Gasteiger partial charge in [0.1, 0.15) is 5.75 Å². The van der Waals surface area contributed by atoms with Gasteiger partial charge in [-0.1, -0.05) is 0 Å². The van der Waals surface area contributed by atoms with Crippen molar-refractivity contribution < 1.29 is 19.4 Å². The fraction of sp³-hybridized carbons (Fsp3) is 0.500. The Balaban J connectivity index is 2.05. The van der Waals surface area contributed by atoms with Crippen molar-refractivity contribution in [3.05, 3.63) is 24.3 Å². The predicted molar refractivity (Wildman–Crippen MR) is 72.9 cm³/mol. The van der Waals surface area contributed by atoms with Crippen molar-refractivity contribution in [3.63, 3.8) is 0 Å². The lowest BCUT2D eigenvalue weighted by atomic mass is 10.2. The van der Waals surface area contributed by atoms with Crippen LogP contribution in [0.2, 0.25) is 0 Å². The van der Waals surface area contributed by atoms with Crippen LogP contribution >= 0.6 is 0 Å². The Bertz CT molecular complexity index is 364. The number of nitrogen functional groups attached to an aromatic ring is 1. The maximum atomic E-state index is 11.3. The Hall–Kier alpha value is -1.75. The highest BCUT2D eigenvalue weighted by molar-refractivity contribution is 5.69. The number of nitrogens with two attached hydrogens (primary N) is 1. The summed E-state index contributed by atoms with van der Waals surface area (Å²) in [7, 11) is 0. The topological polar surface area (TPSA) is 81.8 Å². The molecule has 1 rings (SSSR count). The Morgan fingerprint density at radius 2 is 1.84 bits per heavy atom. The number of esters is 1. The first-order valence-electron chi connectivity index (χ1n) is 6.47. The van der Waals surface area contributed by atoms with E-state index in [0.717, 1.165) is 19.3 Å². The van der Waals surface area contributed by atoms with Crippen LogP contribution in [0.5, 0.6) is 5.75 Å². The van der Waals surface area contributed by atoms with Crippen molar-refractivity contribution in [2.75, 3.05) is 25.6 Å². The zero-order valence-electron chi connectivity index (χ0n) is 11.0. The summed E-state index contributed by atoms with van der Waals surface area (Å²) in [5.41, 5.74) is 6.22. The second-order valence-corrected chi connectivity index (χ2v) is 4.17. The number of benzene rings is 1. The molecule has 0 aliphatic heterocycles. The highest BCUT2D eigenvalue weighted by Crippen LogP contribution is 2.13. The molecule has 3 N–H and O–H groups in total. The standard InChI is InChI=1S/C14H21NO4/c15-12-4-6-13(7-5-12)18-11-8-14(17)19-10-3-1-2-9-16/h4-7,16H,1-3,8-11,15H2. The molecule has 0 aromatic heterocycles. The number of aliphatic hydroxyl groups is 1. The summed E-state index contributed by atoms with van der Waals surface area (Å²) in [4.78, 5) is 11.3. The van der Waals surface area contributed by atoms with Gasteiger partial charge in [-0.05, 0) is 43.5 Å². The number of carbonyl (C=O) groups excluding carboxylic acids is 1. The number of hydrogen-bond donors (Lipinski definition) is 2. The molecule has 0 saturated carbocycles. The Morgan fingerprint density at radius 1 is 1.11 bits per heavy atom. The monoisotopic (exact) mass is 267 g/mol. The average molecular weight is 267 g/mol. The van der Waals surface area contributed by atoms with E-state index in [0.29, 0.717) is 24.7 Å². The number of aliphatic hydroxyl groups excluding tert-OH is 1. The van der Waals surface area contributed by atoms with Crippen molar-refractivity contribution in [1.82, 2.24) is 0 Å². The van der Waals surface area contributed by atoms with Gasteiger partial charge in [-0.3, -0.25) is 4.79 Å². The molecule has 0 aliphatic rings. The predicted octanol–water partition coefficient (Wildman–Crippen LogP) is 1.74. The summed E-state index contributed by atoms with van der Waals surface area (Å²) in [5, 5.41) is 8.58. The molecule has 106 valence electrons. The summed E-state index contributed by atoms with van der Waals surface area (Å²) >= 11 is 0. The molecule has 0 aliphatic carbocycles. The van der Waals surface area contributed by atoms with E-state index in [1.54, 1.807) is 24.3 Å². The third-order valence-electron chi connectivity index (χ3n) is 2.52. The van der Waals surface area contributed by atoms with Gasteiger partial charge < -0.3 is 20.3 Å². The van der Waals surface area contributed by atoms with Gasteiger partial charge in [-0.2, -0.15) is 0 Å². The molecule has 0 bridgehead atoms. The lowest BCUT2D eigenvalue weighted by molar-refractivity contribution is -0.144. The van der Waals surface area contributed by atoms with Crippen molar-refractivity contribution in [2.45, 2.75) is 25.7 Å². The van der Waals surface area contributed by atoms with Crippen LogP contribution in [0, 0.1) is 0 Å². The summed E-state index contributed by atoms with van der Waals surface area (Å²) in [6.07, 6.45) is 2.62. The normalized spacial score (nSPS) is 10.2. The van der Waals surface area contributed by atoms with E-state index >= 15 is 0 Å². The summed E-state index contributed by atoms with van der Waals surface area (Å²) in [5.74, 6) is 0.421. The lowest BCUT2D eigenvalue weighted by Gasteiger charge is -2.07. The first-order chi connectivity index (χ1) is 9.22. The van der Waals surface area contributed by atoms with Gasteiger partial charge >= 0.3 is 5.97 Å². The molecule has 0 saturated heterocycles. The number of unbranched alkanes of at least 4 members (excludes halogenated alkanes) is 2. The van der Waals surface area contributed by atoms with Crippen molar-refractivity contribution in [1.29, 1.82) is 0 Å². The highest BCUT2D eigenvalue weighted by atomic mass is 16.5. The zero-order valence-corrected chi connectivity index (χ0v) is 11.0. The summed E-state index contributed by atoms with van der Waals surface area (Å²) < 4.78 is 10.4. The number of ether oxygens (including phenoxy) is 2. The van der Waals surface area contributed by atoms with Crippen molar-refractivity contribution in [3.8, 4) is 5.75 Å². The number of carbonyl (C=O) groups is 1. The van der Waals surface area contributed by atoms with Gasteiger partial charge in [0.15, 0.2) is 0 Å². The Labute approximate surface area is 113 Å². The molecule has 5 heteroatoms. The first kappa shape index (κ1) is 15.3. The highest BCUT2D eigenvalue weighted by Gasteiger charge is 2.03. The van der Waals surface area contributed by atoms with Gasteiger partial charge in [-0.15, -0.1) is 0 Å². The summed E-state index contributed by atoms with van der Waals surface area (Å²) in [6, 6.07) is 7.01. The average Bonchev–Trinajstić information content (AvgIpc) is 2.41. The number of anilines is 1. The van der Waals surface area contributed by atoms with E-state index in [1.807, 2.05) is 0 Å². The van der Waals surface area contributed by atoms with Crippen LogP contribution in [-0.2, 0) is 9.53 Å². The van der Waals surface area contributed by atoms with Gasteiger partial charge in [0.2, 0.25) is 0 Å². The van der Waals surface area contributed by atoms with Crippen LogP contribution in [0.1, 0.15) is 25.7 Å². The Morgan fingerprint density at radius 3 is 2.53 bits per heavy atom. The fourth-order valence-electron chi connectivity index (χ4n) is 1.47. The van der Waals surface area contributed by atoms with Crippen molar-refractivity contribution in [2.24, 2.45) is 0 Å². The number of hydrogen-bond acceptors (Lipinski definition) is 5. The first-order valence-corrected chi connectivity index (χ1v) is 6.47. The molecule has 1 aromatic rings. The molecule has 19 heavy (non-hydrogen) atoms. The van der Waals surface area contributed by atoms with Crippen LogP contribution in [0.4, 0.5) is 5.69 Å². The quantitative estimate of drug-likeness (QED) is 0.404. The van der Waals surface area contributed by atoms with Crippen LogP contribution in [0.3, 0.4) is 0 Å². The molecule has 0 unspecified atom stereocenters. The zero-order chi connectivity index (χ0) is 13.9. The van der Waals surface area contributed by atoms with E-state index in [9.17, 15) is 4.79 Å². The van der Waals surface area contributed by atoms with Gasteiger partial charge in [0, 0.05) is 12.3 Å². The van der Waals surface area contributed by atoms with E-state index in [2.05, 4.69) is 0 Å². The third-order valence-corrected chi connectivity index (χ3v) is 2.52. The fourth-order valence-corrected chi connectivity index (χ4v) is 1.47. The number of rotatable bonds is 9. The maximum Gasteiger partial charge on any atom is 0.309 e. The molecular formula is C14H21NO4. The van der Waals surface area contributed by atoms with E-state index in [-0.39, 0.29) is 19.0 Å². The van der Waals surface area contributed by atoms with Gasteiger partial charge in [-0.25, -0.2) is 0 Å². The molecule has 0 fully saturated rings. The minimum Gasteiger partial charge on any atom is -0.493 e. The smallest absolute Gasteiger partial charge is 0.309 e. The minimum atomic E-state index is -0.264. The molecule has 0 amide bonds. The van der Waals surface area contributed by atoms with Crippen LogP contribution < -0.4 is 10.5 Å². The van der Waals surface area contributed by atoms with Gasteiger partial charge in [0.05, 0.1) is 19.6 Å². The molecule has 0 radical (unpaired) electrons. The van der Waals surface area contributed by atoms with Crippen LogP contribution in [0.15, 0.2) is 24.3 Å². The summed E-state index contributed by atoms with van der Waals surface area (Å²) in [6.45, 7) is 0.878. The SMILES string of the molecule is Nc1ccc(OCCC(=O)OCCCCCO)cc1. The van der Waals surface area contributed by atoms with E-state index in [1.165, 1.54) is 0 Å². The van der Waals surface area contributed by atoms with Crippen LogP contribution in [-0.4, -0.2) is 30.9 Å². The second-order valence-electron chi connectivity index (χ2n) is 4.17. The van der Waals surface area contributed by atoms with Crippen LogP contribution in [0.25, 0.3) is 0 Å². The molecule has 0 heterocycles. The lowest BCUT2D eigenvalue weighted by Crippen LogP contribution is -2.10. The van der Waals surface area contributed by atoms with E-state index < -0.39 is 0 Å². The van der Waals surface area contributed by atoms with Gasteiger partial charge in [0.25, 0.3) is 0 Å². The molecule has 5 nitrogen and oxygen atoms in total. The van der Waals surface area contributed by atoms with Crippen molar-refractivity contribution >= 4 is 11.7 Å². The second kappa shape index (κ2) is 9.22. The molecular weight excluding hydrogens is 246 g/mol. The maximum absolute atomic E-state index is 11.3. The largest absolute Gasteiger partial charge is 0.493 e. The third kappa shape index (κ3) is 7.31. The molecule has 0 atom stereocenters. The molecule has 1 aromatic carbocycles. The Kier molecular flexibility index (Phi) is 7.43. The van der Waals surface area contributed by atoms with E-state index in [4.69, 9.17) is 20.3 Å². The molecule has 0 spiro atoms.